The van der Waals surface area contributed by atoms with E-state index in [-0.39, 0.29) is 5.91 Å². The zero-order valence-corrected chi connectivity index (χ0v) is 16.3. The fourth-order valence-corrected chi connectivity index (χ4v) is 3.56. The summed E-state index contributed by atoms with van der Waals surface area (Å²) in [4.78, 5) is 24.4. The molecular formula is C26H19N3O. The van der Waals surface area contributed by atoms with Crippen molar-refractivity contribution in [3.63, 3.8) is 0 Å². The Bertz CT molecular complexity index is 1210. The summed E-state index contributed by atoms with van der Waals surface area (Å²) in [5.74, 6) is 0.466. The Kier molecular flexibility index (Phi) is 4.66. The standard InChI is InChI=1S/C26H19N3O/c30-26-23(17-20-12-6-2-7-13-20)28-25-22(16-19-10-4-1-5-11-19)27-24(18-29(25)26)21-14-8-3-9-15-21/h1-15,17-18H,16H2/b23-17-. The molecule has 0 aromatic heterocycles. The van der Waals surface area contributed by atoms with Crippen molar-refractivity contribution in [2.24, 2.45) is 9.98 Å². The van der Waals surface area contributed by atoms with Crippen LogP contribution >= 0.6 is 0 Å². The zero-order chi connectivity index (χ0) is 20.3. The highest BCUT2D eigenvalue weighted by Crippen LogP contribution is 2.28. The van der Waals surface area contributed by atoms with Gasteiger partial charge in [0.15, 0.2) is 5.84 Å². The molecule has 0 N–H and O–H groups in total. The second kappa shape index (κ2) is 7.76. The molecule has 3 aromatic rings. The van der Waals surface area contributed by atoms with Gasteiger partial charge in [0, 0.05) is 18.2 Å². The molecule has 0 radical (unpaired) electrons. The molecule has 1 amide bonds. The third kappa shape index (κ3) is 3.51. The van der Waals surface area contributed by atoms with Crippen molar-refractivity contribution in [3.8, 4) is 0 Å². The summed E-state index contributed by atoms with van der Waals surface area (Å²) in [5, 5.41) is 0. The normalized spacial score (nSPS) is 16.8. The number of carbonyl (C=O) groups is 1. The van der Waals surface area contributed by atoms with Gasteiger partial charge in [-0.2, -0.15) is 0 Å². The first-order valence-corrected chi connectivity index (χ1v) is 9.86. The maximum absolute atomic E-state index is 13.2. The minimum atomic E-state index is -0.136. The van der Waals surface area contributed by atoms with Crippen LogP contribution in [0.5, 0.6) is 0 Å². The van der Waals surface area contributed by atoms with E-state index in [4.69, 9.17) is 4.99 Å². The summed E-state index contributed by atoms with van der Waals surface area (Å²) in [5.41, 5.74) is 5.00. The van der Waals surface area contributed by atoms with Crippen molar-refractivity contribution in [1.82, 2.24) is 4.90 Å². The van der Waals surface area contributed by atoms with Crippen molar-refractivity contribution < 1.29 is 4.79 Å². The molecule has 0 bridgehead atoms. The number of fused-ring (bicyclic) bond motifs is 1. The number of benzene rings is 3. The van der Waals surface area contributed by atoms with E-state index in [2.05, 4.69) is 17.1 Å². The van der Waals surface area contributed by atoms with E-state index in [0.29, 0.717) is 18.0 Å². The fraction of sp³-hybridized carbons (Fsp3) is 0.0385. The summed E-state index contributed by atoms with van der Waals surface area (Å²) in [6.07, 6.45) is 4.22. The molecule has 4 nitrogen and oxygen atoms in total. The monoisotopic (exact) mass is 389 g/mol. The highest BCUT2D eigenvalue weighted by Gasteiger charge is 2.34. The average Bonchev–Trinajstić information content (AvgIpc) is 3.11. The molecule has 0 fully saturated rings. The van der Waals surface area contributed by atoms with Gasteiger partial charge in [-0.05, 0) is 17.2 Å². The van der Waals surface area contributed by atoms with Crippen molar-refractivity contribution >= 4 is 29.2 Å². The zero-order valence-electron chi connectivity index (χ0n) is 16.3. The number of hydrogen-bond acceptors (Lipinski definition) is 3. The van der Waals surface area contributed by atoms with Crippen LogP contribution in [0.4, 0.5) is 0 Å². The van der Waals surface area contributed by atoms with Crippen LogP contribution in [0, 0.1) is 0 Å². The average molecular weight is 389 g/mol. The Morgan fingerprint density at radius 3 is 2.10 bits per heavy atom. The van der Waals surface area contributed by atoms with Gasteiger partial charge in [0.1, 0.15) is 5.70 Å². The van der Waals surface area contributed by atoms with Crippen molar-refractivity contribution in [3.05, 3.63) is 120 Å². The fourth-order valence-electron chi connectivity index (χ4n) is 3.56. The summed E-state index contributed by atoms with van der Waals surface area (Å²) in [6.45, 7) is 0. The second-order valence-electron chi connectivity index (χ2n) is 7.15. The molecular weight excluding hydrogens is 370 g/mol. The van der Waals surface area contributed by atoms with Gasteiger partial charge in [0.05, 0.1) is 11.4 Å². The predicted molar refractivity (Wildman–Crippen MR) is 121 cm³/mol. The lowest BCUT2D eigenvalue weighted by Crippen LogP contribution is -2.36. The van der Waals surface area contributed by atoms with E-state index in [9.17, 15) is 4.79 Å². The number of hydrogen-bond donors (Lipinski definition) is 0. The van der Waals surface area contributed by atoms with Gasteiger partial charge in [-0.3, -0.25) is 9.69 Å². The Labute approximate surface area is 175 Å². The molecule has 0 saturated heterocycles. The molecule has 3 aromatic carbocycles. The Hall–Kier alpha value is -4.05. The minimum absolute atomic E-state index is 0.136. The molecule has 4 heteroatoms. The number of nitrogens with zero attached hydrogens (tertiary/aromatic N) is 3. The molecule has 0 aliphatic carbocycles. The van der Waals surface area contributed by atoms with Crippen LogP contribution in [0.25, 0.3) is 11.8 Å². The maximum Gasteiger partial charge on any atom is 0.282 e. The molecule has 0 saturated carbocycles. The first-order valence-electron chi connectivity index (χ1n) is 9.86. The van der Waals surface area contributed by atoms with Crippen LogP contribution in [0.15, 0.2) is 113 Å². The van der Waals surface area contributed by atoms with Gasteiger partial charge in [-0.1, -0.05) is 91.0 Å². The first-order chi connectivity index (χ1) is 14.8. The highest BCUT2D eigenvalue weighted by atomic mass is 16.2. The molecule has 2 aliphatic rings. The lowest BCUT2D eigenvalue weighted by atomic mass is 10.1. The number of amides is 1. The van der Waals surface area contributed by atoms with Crippen LogP contribution < -0.4 is 0 Å². The first kappa shape index (κ1) is 18.0. The van der Waals surface area contributed by atoms with Gasteiger partial charge in [0.2, 0.25) is 0 Å². The smallest absolute Gasteiger partial charge is 0.266 e. The van der Waals surface area contributed by atoms with Gasteiger partial charge < -0.3 is 0 Å². The van der Waals surface area contributed by atoms with Gasteiger partial charge in [-0.25, -0.2) is 9.98 Å². The molecule has 0 unspecified atom stereocenters. The van der Waals surface area contributed by atoms with Gasteiger partial charge in [0.25, 0.3) is 5.91 Å². The van der Waals surface area contributed by atoms with Gasteiger partial charge in [-0.15, -0.1) is 0 Å². The third-order valence-corrected chi connectivity index (χ3v) is 5.04. The number of carbonyl (C=O) groups excluding carboxylic acids is 1. The van der Waals surface area contributed by atoms with Crippen LogP contribution in [0.1, 0.15) is 16.7 Å². The molecule has 5 rings (SSSR count). The van der Waals surface area contributed by atoms with Crippen LogP contribution in [0.2, 0.25) is 0 Å². The quantitative estimate of drug-likeness (QED) is 0.582. The Morgan fingerprint density at radius 1 is 0.767 bits per heavy atom. The lowest BCUT2D eigenvalue weighted by Gasteiger charge is -2.21. The Morgan fingerprint density at radius 2 is 1.40 bits per heavy atom. The minimum Gasteiger partial charge on any atom is -0.266 e. The summed E-state index contributed by atoms with van der Waals surface area (Å²) in [6, 6.07) is 29.8. The van der Waals surface area contributed by atoms with Crippen molar-refractivity contribution in [1.29, 1.82) is 0 Å². The molecule has 144 valence electrons. The second-order valence-corrected chi connectivity index (χ2v) is 7.15. The van der Waals surface area contributed by atoms with Crippen molar-refractivity contribution in [2.75, 3.05) is 0 Å². The molecule has 0 spiro atoms. The topological polar surface area (TPSA) is 45.0 Å². The van der Waals surface area contributed by atoms with E-state index >= 15 is 0 Å². The maximum atomic E-state index is 13.2. The van der Waals surface area contributed by atoms with E-state index in [0.717, 1.165) is 28.1 Å². The number of rotatable bonds is 4. The Balaban J connectivity index is 1.58. The van der Waals surface area contributed by atoms with Gasteiger partial charge >= 0.3 is 0 Å². The number of amidine groups is 1. The molecule has 2 heterocycles. The summed E-state index contributed by atoms with van der Waals surface area (Å²) < 4.78 is 0. The van der Waals surface area contributed by atoms with Crippen LogP contribution in [0.3, 0.4) is 0 Å². The SMILES string of the molecule is O=C1/C(=C/c2ccccc2)N=C2C(Cc3ccccc3)=NC(c3ccccc3)=CN12. The lowest BCUT2D eigenvalue weighted by molar-refractivity contribution is -0.120. The summed E-state index contributed by atoms with van der Waals surface area (Å²) in [7, 11) is 0. The van der Waals surface area contributed by atoms with E-state index in [1.54, 1.807) is 11.1 Å². The van der Waals surface area contributed by atoms with Crippen molar-refractivity contribution in [2.45, 2.75) is 6.42 Å². The molecule has 0 atom stereocenters. The predicted octanol–water partition coefficient (Wildman–Crippen LogP) is 4.96. The van der Waals surface area contributed by atoms with Crippen LogP contribution in [-0.2, 0) is 11.2 Å². The van der Waals surface area contributed by atoms with E-state index < -0.39 is 0 Å². The highest BCUT2D eigenvalue weighted by molar-refractivity contribution is 6.48. The molecule has 2 aliphatic heterocycles. The summed E-state index contributed by atoms with van der Waals surface area (Å²) >= 11 is 0. The third-order valence-electron chi connectivity index (χ3n) is 5.04. The van der Waals surface area contributed by atoms with Crippen LogP contribution in [-0.4, -0.2) is 22.4 Å². The van der Waals surface area contributed by atoms with E-state index in [1.165, 1.54) is 0 Å². The van der Waals surface area contributed by atoms with E-state index in [1.807, 2.05) is 84.9 Å². The largest absolute Gasteiger partial charge is 0.282 e. The molecule has 30 heavy (non-hydrogen) atoms. The number of aliphatic imine (C=N–C) groups is 2.